The number of nitrogens with zero attached hydrogens (tertiary/aromatic N) is 6. The number of benzene rings is 3. The van der Waals surface area contributed by atoms with Crippen molar-refractivity contribution < 1.29 is 9.18 Å². The van der Waals surface area contributed by atoms with Crippen LogP contribution in [-0.2, 0) is 4.79 Å². The number of aromatic amines is 1. The summed E-state index contributed by atoms with van der Waals surface area (Å²) in [7, 11) is 0. The first-order valence-corrected chi connectivity index (χ1v) is 12.7. The van der Waals surface area contributed by atoms with Crippen LogP contribution in [0, 0.1) is 5.82 Å². The van der Waals surface area contributed by atoms with Gasteiger partial charge in [0.05, 0.1) is 22.8 Å². The van der Waals surface area contributed by atoms with Crippen LogP contribution in [0.25, 0.3) is 22.8 Å². The van der Waals surface area contributed by atoms with E-state index < -0.39 is 0 Å². The molecule has 0 radical (unpaired) electrons. The minimum atomic E-state index is -0.352. The van der Waals surface area contributed by atoms with Gasteiger partial charge in [-0.2, -0.15) is 4.68 Å². The van der Waals surface area contributed by atoms with E-state index in [1.165, 1.54) is 23.1 Å². The van der Waals surface area contributed by atoms with Gasteiger partial charge in [-0.15, -0.1) is 5.10 Å². The molecule has 2 atom stereocenters. The SMILES string of the molecule is O=C(/C=C/c1cc(Cl)ccc1-n1cnnn1)N1CCC[C@@H](c2ccccc2)[C@H]1c1nc2cc(F)ccc2[nH]1. The first-order chi connectivity index (χ1) is 18.6. The number of imidazole rings is 1. The second-order valence-corrected chi connectivity index (χ2v) is 9.65. The van der Waals surface area contributed by atoms with Gasteiger partial charge in [0.2, 0.25) is 5.91 Å². The number of hydrogen-bond donors (Lipinski definition) is 1. The van der Waals surface area contributed by atoms with Gasteiger partial charge in [-0.25, -0.2) is 9.37 Å². The molecule has 1 aliphatic heterocycles. The Kier molecular flexibility index (Phi) is 6.43. The van der Waals surface area contributed by atoms with Crippen molar-refractivity contribution in [2.45, 2.75) is 24.8 Å². The number of H-pyrrole nitrogens is 1. The maximum Gasteiger partial charge on any atom is 0.247 e. The minimum Gasteiger partial charge on any atom is -0.340 e. The average Bonchev–Trinajstić information content (AvgIpc) is 3.62. The van der Waals surface area contributed by atoms with Crippen LogP contribution in [0.15, 0.2) is 79.1 Å². The van der Waals surface area contributed by atoms with E-state index in [0.717, 1.165) is 23.9 Å². The van der Waals surface area contributed by atoms with Gasteiger partial charge in [0, 0.05) is 35.2 Å². The third kappa shape index (κ3) is 4.68. The molecule has 3 aromatic carbocycles. The molecule has 1 aliphatic rings. The molecule has 0 spiro atoms. The molecule has 8 nitrogen and oxygen atoms in total. The van der Waals surface area contributed by atoms with Gasteiger partial charge < -0.3 is 9.88 Å². The van der Waals surface area contributed by atoms with Gasteiger partial charge in [0.25, 0.3) is 0 Å². The largest absolute Gasteiger partial charge is 0.340 e. The van der Waals surface area contributed by atoms with Crippen LogP contribution in [0.5, 0.6) is 0 Å². The summed E-state index contributed by atoms with van der Waals surface area (Å²) in [6, 6.07) is 19.6. The third-order valence-electron chi connectivity index (χ3n) is 6.88. The number of amides is 1. The third-order valence-corrected chi connectivity index (χ3v) is 7.11. The fourth-order valence-corrected chi connectivity index (χ4v) is 5.35. The zero-order valence-electron chi connectivity index (χ0n) is 20.2. The van der Waals surface area contributed by atoms with Crippen LogP contribution in [0.1, 0.15) is 41.8 Å². The number of carbonyl (C=O) groups is 1. The molecule has 1 N–H and O–H groups in total. The number of nitrogens with one attached hydrogen (secondary N) is 1. The topological polar surface area (TPSA) is 92.6 Å². The van der Waals surface area contributed by atoms with Crippen molar-refractivity contribution in [2.75, 3.05) is 6.54 Å². The summed E-state index contributed by atoms with van der Waals surface area (Å²) in [4.78, 5) is 23.7. The monoisotopic (exact) mass is 527 g/mol. The molecule has 0 bridgehead atoms. The highest BCUT2D eigenvalue weighted by Gasteiger charge is 2.37. The Morgan fingerprint density at radius 3 is 2.79 bits per heavy atom. The first-order valence-electron chi connectivity index (χ1n) is 12.3. The van der Waals surface area contributed by atoms with E-state index in [0.29, 0.717) is 34.2 Å². The van der Waals surface area contributed by atoms with Crippen molar-refractivity contribution in [1.29, 1.82) is 0 Å². The number of aromatic nitrogens is 6. The van der Waals surface area contributed by atoms with Crippen molar-refractivity contribution in [3.05, 3.63) is 107 Å². The molecule has 1 saturated heterocycles. The number of fused-ring (bicyclic) bond motifs is 1. The van der Waals surface area contributed by atoms with Crippen LogP contribution in [-0.4, -0.2) is 47.5 Å². The molecular formula is C28H23ClFN7O. The molecule has 5 aromatic rings. The predicted molar refractivity (Wildman–Crippen MR) is 142 cm³/mol. The number of likely N-dealkylation sites (tertiary alicyclic amines) is 1. The number of piperidine rings is 1. The van der Waals surface area contributed by atoms with E-state index in [1.54, 1.807) is 36.4 Å². The minimum absolute atomic E-state index is 0.0238. The number of carbonyl (C=O) groups excluding carboxylic acids is 1. The molecule has 38 heavy (non-hydrogen) atoms. The summed E-state index contributed by atoms with van der Waals surface area (Å²) in [5, 5.41) is 11.9. The molecule has 0 aliphatic carbocycles. The first kappa shape index (κ1) is 24.0. The second kappa shape index (κ2) is 10.2. The molecule has 6 rings (SSSR count). The summed E-state index contributed by atoms with van der Waals surface area (Å²) in [6.45, 7) is 0.567. The number of tetrazole rings is 1. The van der Waals surface area contributed by atoms with Gasteiger partial charge in [-0.05, 0) is 65.2 Å². The van der Waals surface area contributed by atoms with Crippen molar-refractivity contribution in [3.8, 4) is 5.69 Å². The van der Waals surface area contributed by atoms with Crippen LogP contribution in [0.2, 0.25) is 5.02 Å². The predicted octanol–water partition coefficient (Wildman–Crippen LogP) is 5.49. The van der Waals surface area contributed by atoms with E-state index in [4.69, 9.17) is 16.6 Å². The van der Waals surface area contributed by atoms with Crippen molar-refractivity contribution >= 4 is 34.6 Å². The van der Waals surface area contributed by atoms with Crippen molar-refractivity contribution in [2.24, 2.45) is 0 Å². The van der Waals surface area contributed by atoms with Crippen LogP contribution < -0.4 is 0 Å². The molecule has 2 aromatic heterocycles. The zero-order valence-corrected chi connectivity index (χ0v) is 21.0. The average molecular weight is 528 g/mol. The van der Waals surface area contributed by atoms with E-state index in [9.17, 15) is 9.18 Å². The highest BCUT2D eigenvalue weighted by molar-refractivity contribution is 6.30. The highest BCUT2D eigenvalue weighted by Crippen LogP contribution is 2.42. The summed E-state index contributed by atoms with van der Waals surface area (Å²) in [6.07, 6.45) is 6.49. The maximum atomic E-state index is 13.9. The fourth-order valence-electron chi connectivity index (χ4n) is 5.17. The van der Waals surface area contributed by atoms with Crippen LogP contribution >= 0.6 is 11.6 Å². The second-order valence-electron chi connectivity index (χ2n) is 9.21. The van der Waals surface area contributed by atoms with E-state index in [-0.39, 0.29) is 23.7 Å². The Labute approximate surface area is 222 Å². The van der Waals surface area contributed by atoms with E-state index in [1.807, 2.05) is 23.1 Å². The van der Waals surface area contributed by atoms with Crippen molar-refractivity contribution in [1.82, 2.24) is 35.1 Å². The molecule has 0 unspecified atom stereocenters. The zero-order chi connectivity index (χ0) is 26.1. The number of hydrogen-bond acceptors (Lipinski definition) is 5. The molecule has 10 heteroatoms. The Morgan fingerprint density at radius 2 is 1.97 bits per heavy atom. The molecule has 1 amide bonds. The van der Waals surface area contributed by atoms with Gasteiger partial charge in [0.15, 0.2) is 0 Å². The fraction of sp³-hybridized carbons (Fsp3) is 0.179. The molecule has 0 saturated carbocycles. The van der Waals surface area contributed by atoms with Crippen molar-refractivity contribution in [3.63, 3.8) is 0 Å². The van der Waals surface area contributed by atoms with Gasteiger partial charge in [-0.1, -0.05) is 41.9 Å². The lowest BCUT2D eigenvalue weighted by Gasteiger charge is -2.40. The Bertz CT molecular complexity index is 1620. The van der Waals surface area contributed by atoms with Gasteiger partial charge in [-0.3, -0.25) is 4.79 Å². The molecular weight excluding hydrogens is 505 g/mol. The lowest BCUT2D eigenvalue weighted by Crippen LogP contribution is -2.41. The Hall–Kier alpha value is -4.37. The maximum absolute atomic E-state index is 13.9. The number of rotatable bonds is 5. The summed E-state index contributed by atoms with van der Waals surface area (Å²) in [5.41, 5.74) is 3.78. The summed E-state index contributed by atoms with van der Waals surface area (Å²) in [5.74, 6) is 0.146. The molecule has 3 heterocycles. The Balaban J connectivity index is 1.38. The van der Waals surface area contributed by atoms with Crippen LogP contribution in [0.4, 0.5) is 4.39 Å². The normalized spacial score (nSPS) is 17.9. The van der Waals surface area contributed by atoms with Gasteiger partial charge in [0.1, 0.15) is 18.0 Å². The molecule has 190 valence electrons. The Morgan fingerprint density at radius 1 is 1.11 bits per heavy atom. The lowest BCUT2D eigenvalue weighted by atomic mass is 9.83. The smallest absolute Gasteiger partial charge is 0.247 e. The summed E-state index contributed by atoms with van der Waals surface area (Å²) < 4.78 is 15.4. The number of halogens is 2. The van der Waals surface area contributed by atoms with E-state index in [2.05, 4.69) is 32.6 Å². The summed E-state index contributed by atoms with van der Waals surface area (Å²) >= 11 is 6.25. The standard InChI is InChI=1S/C28H23ClFN7O/c29-20-9-12-25(37-17-31-34-35-37)19(15-20)8-13-26(38)36-14-4-7-22(18-5-2-1-3-6-18)27(36)28-32-23-11-10-21(30)16-24(23)33-28/h1-3,5-6,8-13,15-17,22,27H,4,7,14H2,(H,32,33)/b13-8+/t22-,27-/m0/s1. The molecule has 1 fully saturated rings. The lowest BCUT2D eigenvalue weighted by molar-refractivity contribution is -0.130. The van der Waals surface area contributed by atoms with Gasteiger partial charge >= 0.3 is 0 Å². The van der Waals surface area contributed by atoms with E-state index >= 15 is 0 Å². The highest BCUT2D eigenvalue weighted by atomic mass is 35.5. The van der Waals surface area contributed by atoms with Crippen LogP contribution in [0.3, 0.4) is 0 Å². The quantitative estimate of drug-likeness (QED) is 0.305.